The standard InChI is InChI=1S/C13H16N2O/c1-3-11(14-2)13(16)10-8-15-12-7-5-4-6-9(10)12/h4-8,11,14-15H,3H2,1-2H3. The number of carbonyl (C=O) groups is 1. The third-order valence-corrected chi connectivity index (χ3v) is 2.93. The molecule has 1 atom stereocenters. The Morgan fingerprint density at radius 3 is 2.88 bits per heavy atom. The Balaban J connectivity index is 2.43. The van der Waals surface area contributed by atoms with Crippen molar-refractivity contribution in [3.05, 3.63) is 36.0 Å². The van der Waals surface area contributed by atoms with Crippen molar-refractivity contribution >= 4 is 16.7 Å². The first-order chi connectivity index (χ1) is 7.77. The summed E-state index contributed by atoms with van der Waals surface area (Å²) in [6.45, 7) is 2.01. The average Bonchev–Trinajstić information content (AvgIpc) is 2.74. The lowest BCUT2D eigenvalue weighted by molar-refractivity contribution is 0.0946. The molecule has 1 heterocycles. The van der Waals surface area contributed by atoms with E-state index in [1.165, 1.54) is 0 Å². The topological polar surface area (TPSA) is 44.9 Å². The summed E-state index contributed by atoms with van der Waals surface area (Å²) in [4.78, 5) is 15.3. The van der Waals surface area contributed by atoms with Crippen molar-refractivity contribution in [2.24, 2.45) is 0 Å². The second-order valence-electron chi connectivity index (χ2n) is 3.86. The van der Waals surface area contributed by atoms with Crippen molar-refractivity contribution < 1.29 is 4.79 Å². The van der Waals surface area contributed by atoms with Crippen molar-refractivity contribution in [3.8, 4) is 0 Å². The highest BCUT2D eigenvalue weighted by atomic mass is 16.1. The molecule has 0 bridgehead atoms. The predicted molar refractivity (Wildman–Crippen MR) is 65.8 cm³/mol. The number of likely N-dealkylation sites (N-methyl/N-ethyl adjacent to an activating group) is 1. The number of nitrogens with one attached hydrogen (secondary N) is 2. The Kier molecular flexibility index (Phi) is 3.06. The van der Waals surface area contributed by atoms with E-state index in [-0.39, 0.29) is 11.8 Å². The number of fused-ring (bicyclic) bond motifs is 1. The zero-order chi connectivity index (χ0) is 11.5. The first-order valence-corrected chi connectivity index (χ1v) is 5.55. The molecule has 3 nitrogen and oxygen atoms in total. The van der Waals surface area contributed by atoms with Crippen LogP contribution in [0.25, 0.3) is 10.9 Å². The molecule has 0 aliphatic rings. The van der Waals surface area contributed by atoms with Crippen LogP contribution in [0, 0.1) is 0 Å². The van der Waals surface area contributed by atoms with Gasteiger partial charge >= 0.3 is 0 Å². The highest BCUT2D eigenvalue weighted by Crippen LogP contribution is 2.19. The van der Waals surface area contributed by atoms with Crippen LogP contribution in [-0.4, -0.2) is 23.9 Å². The molecule has 16 heavy (non-hydrogen) atoms. The summed E-state index contributed by atoms with van der Waals surface area (Å²) in [6.07, 6.45) is 2.60. The quantitative estimate of drug-likeness (QED) is 0.770. The van der Waals surface area contributed by atoms with Gasteiger partial charge in [-0.1, -0.05) is 25.1 Å². The van der Waals surface area contributed by atoms with Crippen molar-refractivity contribution in [1.82, 2.24) is 10.3 Å². The number of ketones is 1. The van der Waals surface area contributed by atoms with Gasteiger partial charge in [-0.2, -0.15) is 0 Å². The van der Waals surface area contributed by atoms with Gasteiger partial charge in [0.05, 0.1) is 6.04 Å². The molecule has 3 heteroatoms. The Morgan fingerprint density at radius 2 is 2.19 bits per heavy atom. The fourth-order valence-corrected chi connectivity index (χ4v) is 1.98. The summed E-state index contributed by atoms with van der Waals surface area (Å²) in [5.41, 5.74) is 1.79. The molecule has 1 aromatic heterocycles. The van der Waals surface area contributed by atoms with E-state index >= 15 is 0 Å². The van der Waals surface area contributed by atoms with Gasteiger partial charge < -0.3 is 10.3 Å². The molecule has 0 fully saturated rings. The van der Waals surface area contributed by atoms with Crippen LogP contribution in [0.2, 0.25) is 0 Å². The molecule has 2 aromatic rings. The van der Waals surface area contributed by atoms with Crippen LogP contribution >= 0.6 is 0 Å². The minimum atomic E-state index is -0.0980. The molecule has 84 valence electrons. The maximum Gasteiger partial charge on any atom is 0.181 e. The molecule has 2 rings (SSSR count). The lowest BCUT2D eigenvalue weighted by Gasteiger charge is -2.11. The Hall–Kier alpha value is -1.61. The Labute approximate surface area is 94.9 Å². The first-order valence-electron chi connectivity index (χ1n) is 5.55. The van der Waals surface area contributed by atoms with Gasteiger partial charge in [0, 0.05) is 22.7 Å². The van der Waals surface area contributed by atoms with Crippen LogP contribution in [0.3, 0.4) is 0 Å². The molecular formula is C13H16N2O. The molecule has 0 aliphatic carbocycles. The van der Waals surface area contributed by atoms with E-state index in [4.69, 9.17) is 0 Å². The van der Waals surface area contributed by atoms with Gasteiger partial charge in [0.15, 0.2) is 5.78 Å². The second kappa shape index (κ2) is 4.49. The lowest BCUT2D eigenvalue weighted by Crippen LogP contribution is -2.33. The van der Waals surface area contributed by atoms with E-state index in [2.05, 4.69) is 10.3 Å². The second-order valence-corrected chi connectivity index (χ2v) is 3.86. The van der Waals surface area contributed by atoms with Gasteiger partial charge in [0.2, 0.25) is 0 Å². The van der Waals surface area contributed by atoms with E-state index in [9.17, 15) is 4.79 Å². The van der Waals surface area contributed by atoms with Crippen LogP contribution in [0.5, 0.6) is 0 Å². The molecule has 0 aliphatic heterocycles. The number of aromatic amines is 1. The smallest absolute Gasteiger partial charge is 0.181 e. The normalized spacial score (nSPS) is 12.9. The molecule has 0 saturated carbocycles. The van der Waals surface area contributed by atoms with E-state index in [0.29, 0.717) is 0 Å². The monoisotopic (exact) mass is 216 g/mol. The summed E-state index contributed by atoms with van der Waals surface area (Å²) < 4.78 is 0. The number of Topliss-reactive ketones (excluding diaryl/α,β-unsaturated/α-hetero) is 1. The number of benzene rings is 1. The highest BCUT2D eigenvalue weighted by Gasteiger charge is 2.19. The number of hydrogen-bond acceptors (Lipinski definition) is 2. The van der Waals surface area contributed by atoms with Gasteiger partial charge in [-0.25, -0.2) is 0 Å². The molecule has 0 radical (unpaired) electrons. The molecule has 0 spiro atoms. The number of carbonyl (C=O) groups excluding carboxylic acids is 1. The maximum absolute atomic E-state index is 12.2. The van der Waals surface area contributed by atoms with Gasteiger partial charge in [0.25, 0.3) is 0 Å². The highest BCUT2D eigenvalue weighted by molar-refractivity contribution is 6.10. The SMILES string of the molecule is CCC(NC)C(=O)c1c[nH]c2ccccc12. The minimum Gasteiger partial charge on any atom is -0.360 e. The summed E-state index contributed by atoms with van der Waals surface area (Å²) in [6, 6.07) is 7.77. The third-order valence-electron chi connectivity index (χ3n) is 2.93. The zero-order valence-corrected chi connectivity index (χ0v) is 9.58. The van der Waals surface area contributed by atoms with E-state index in [0.717, 1.165) is 22.9 Å². The minimum absolute atomic E-state index is 0.0980. The van der Waals surface area contributed by atoms with Crippen LogP contribution in [0.4, 0.5) is 0 Å². The summed E-state index contributed by atoms with van der Waals surface area (Å²) in [7, 11) is 1.82. The van der Waals surface area contributed by atoms with Gasteiger partial charge in [-0.05, 0) is 19.5 Å². The van der Waals surface area contributed by atoms with Crippen molar-refractivity contribution in [2.45, 2.75) is 19.4 Å². The molecular weight excluding hydrogens is 200 g/mol. The molecule has 0 saturated heterocycles. The molecule has 0 amide bonds. The zero-order valence-electron chi connectivity index (χ0n) is 9.58. The van der Waals surface area contributed by atoms with Crippen LogP contribution in [0.1, 0.15) is 23.7 Å². The van der Waals surface area contributed by atoms with Crippen molar-refractivity contribution in [3.63, 3.8) is 0 Å². The number of aromatic nitrogens is 1. The predicted octanol–water partition coefficient (Wildman–Crippen LogP) is 2.35. The molecule has 2 N–H and O–H groups in total. The maximum atomic E-state index is 12.2. The van der Waals surface area contributed by atoms with Crippen LogP contribution in [-0.2, 0) is 0 Å². The number of rotatable bonds is 4. The number of para-hydroxylation sites is 1. The van der Waals surface area contributed by atoms with E-state index in [1.807, 2.05) is 38.2 Å². The summed E-state index contributed by atoms with van der Waals surface area (Å²) >= 11 is 0. The van der Waals surface area contributed by atoms with E-state index < -0.39 is 0 Å². The van der Waals surface area contributed by atoms with Gasteiger partial charge in [-0.15, -0.1) is 0 Å². The van der Waals surface area contributed by atoms with Crippen molar-refractivity contribution in [2.75, 3.05) is 7.05 Å². The van der Waals surface area contributed by atoms with Crippen molar-refractivity contribution in [1.29, 1.82) is 0 Å². The third kappa shape index (κ3) is 1.74. The molecule has 1 aromatic carbocycles. The number of H-pyrrole nitrogens is 1. The van der Waals surface area contributed by atoms with Gasteiger partial charge in [-0.3, -0.25) is 4.79 Å². The number of hydrogen-bond donors (Lipinski definition) is 2. The van der Waals surface area contributed by atoms with Crippen LogP contribution in [0.15, 0.2) is 30.5 Å². The van der Waals surface area contributed by atoms with Crippen LogP contribution < -0.4 is 5.32 Å². The average molecular weight is 216 g/mol. The lowest BCUT2D eigenvalue weighted by atomic mass is 10.0. The van der Waals surface area contributed by atoms with Gasteiger partial charge in [0.1, 0.15) is 0 Å². The largest absolute Gasteiger partial charge is 0.360 e. The Bertz CT molecular complexity index is 497. The molecule has 1 unspecified atom stereocenters. The fraction of sp³-hybridized carbons (Fsp3) is 0.308. The van der Waals surface area contributed by atoms with E-state index in [1.54, 1.807) is 6.20 Å². The summed E-state index contributed by atoms with van der Waals surface area (Å²) in [5.74, 6) is 0.155. The first kappa shape index (κ1) is 10.9. The Morgan fingerprint density at radius 1 is 1.44 bits per heavy atom. The fourth-order valence-electron chi connectivity index (χ4n) is 1.98. The summed E-state index contributed by atoms with van der Waals surface area (Å²) in [5, 5.41) is 4.04.